The molecule has 1 fully saturated rings. The van der Waals surface area contributed by atoms with Crippen LogP contribution in [0, 0.1) is 19.4 Å². The van der Waals surface area contributed by atoms with E-state index < -0.39 is 0 Å². The minimum absolute atomic E-state index is 0. The van der Waals surface area contributed by atoms with Crippen molar-refractivity contribution in [3.05, 3.63) is 13.5 Å². The molecule has 0 bridgehead atoms. The fraction of sp³-hybridized carbons (Fsp3) is 0.667. The molecular weight excluding hydrogens is 175 g/mol. The van der Waals surface area contributed by atoms with Gasteiger partial charge in [-0.05, 0) is 6.54 Å². The van der Waals surface area contributed by atoms with Gasteiger partial charge in [-0.2, -0.15) is 5.92 Å². The first kappa shape index (κ1) is 9.06. The molecule has 1 rings (SSSR count). The maximum absolute atomic E-state index is 3.80. The molecule has 0 amide bonds. The quantitative estimate of drug-likeness (QED) is 0.602. The van der Waals surface area contributed by atoms with E-state index >= 15 is 0 Å². The van der Waals surface area contributed by atoms with Crippen molar-refractivity contribution in [2.75, 3.05) is 6.54 Å². The first-order valence-electron chi connectivity index (χ1n) is 2.79. The van der Waals surface area contributed by atoms with Crippen molar-refractivity contribution in [2.45, 2.75) is 12.8 Å². The monoisotopic (exact) mass is 186 g/mol. The van der Waals surface area contributed by atoms with Gasteiger partial charge in [0.2, 0.25) is 0 Å². The van der Waals surface area contributed by atoms with E-state index in [9.17, 15) is 0 Å². The van der Waals surface area contributed by atoms with Crippen LogP contribution in [0.1, 0.15) is 12.8 Å². The Morgan fingerprint density at radius 1 is 1.75 bits per heavy atom. The van der Waals surface area contributed by atoms with Crippen LogP contribution in [-0.4, -0.2) is 6.54 Å². The Bertz CT molecular complexity index is 50.5. The van der Waals surface area contributed by atoms with Crippen molar-refractivity contribution >= 4 is 0 Å². The summed E-state index contributed by atoms with van der Waals surface area (Å²) in [7, 11) is 0. The number of hydrogen-bond acceptors (Lipinski definition) is 1. The van der Waals surface area contributed by atoms with Crippen LogP contribution < -0.4 is 5.32 Å². The van der Waals surface area contributed by atoms with E-state index in [-0.39, 0.29) is 32.7 Å². The van der Waals surface area contributed by atoms with E-state index in [0.29, 0.717) is 0 Å². The zero-order chi connectivity index (χ0) is 5.11. The van der Waals surface area contributed by atoms with Crippen LogP contribution in [0.3, 0.4) is 0 Å². The third-order valence-electron chi connectivity index (χ3n) is 1.38. The Labute approximate surface area is 76.5 Å². The van der Waals surface area contributed by atoms with Gasteiger partial charge in [-0.3, -0.25) is 6.54 Å². The summed E-state index contributed by atoms with van der Waals surface area (Å²) in [5.41, 5.74) is 0. The van der Waals surface area contributed by atoms with Gasteiger partial charge < -0.3 is 12.2 Å². The molecule has 1 unspecified atom stereocenters. The Morgan fingerprint density at radius 2 is 2.50 bits per heavy atom. The van der Waals surface area contributed by atoms with E-state index in [2.05, 4.69) is 18.8 Å². The Hall–Kier alpha value is 1.06. The molecule has 2 heteroatoms. The van der Waals surface area contributed by atoms with Gasteiger partial charge in [0, 0.05) is 32.7 Å². The van der Waals surface area contributed by atoms with Crippen LogP contribution in [-0.2, 0) is 32.7 Å². The molecule has 1 aliphatic rings. The zero-order valence-corrected chi connectivity index (χ0v) is 7.90. The summed E-state index contributed by atoms with van der Waals surface area (Å²) in [6.45, 7) is 7.10. The van der Waals surface area contributed by atoms with Gasteiger partial charge in [0.25, 0.3) is 0 Å². The molecule has 0 spiro atoms. The molecule has 1 radical (unpaired) electrons. The minimum atomic E-state index is 0. The number of rotatable bonds is 1. The number of hydrogen-bond donors (Lipinski definition) is 1. The van der Waals surface area contributed by atoms with Crippen molar-refractivity contribution in [1.82, 2.24) is 5.32 Å². The molecule has 1 aliphatic heterocycles. The normalized spacial score (nSPS) is 27.4. The van der Waals surface area contributed by atoms with E-state index in [0.717, 1.165) is 18.9 Å². The Balaban J connectivity index is 0.000000490. The topological polar surface area (TPSA) is 12.0 Å². The summed E-state index contributed by atoms with van der Waals surface area (Å²) in [5.74, 6) is 0.750. The Kier molecular flexibility index (Phi) is 5.55. The Morgan fingerprint density at radius 3 is 2.75 bits per heavy atom. The van der Waals surface area contributed by atoms with Crippen molar-refractivity contribution in [2.24, 2.45) is 5.92 Å². The second kappa shape index (κ2) is 4.90. The largest absolute Gasteiger partial charge is 0.470 e. The predicted molar refractivity (Wildman–Crippen MR) is 30.4 cm³/mol. The van der Waals surface area contributed by atoms with Crippen molar-refractivity contribution in [1.29, 1.82) is 0 Å². The van der Waals surface area contributed by atoms with Gasteiger partial charge in [-0.25, -0.2) is 6.42 Å². The second-order valence-corrected chi connectivity index (χ2v) is 1.96. The van der Waals surface area contributed by atoms with Gasteiger partial charge in [0.15, 0.2) is 0 Å². The molecule has 0 aromatic heterocycles. The maximum Gasteiger partial charge on any atom is 0 e. The summed E-state index contributed by atoms with van der Waals surface area (Å²) in [6, 6.07) is 0. The predicted octanol–water partition coefficient (Wildman–Crippen LogP) is 0.979. The van der Waals surface area contributed by atoms with E-state index in [1.807, 2.05) is 0 Å². The van der Waals surface area contributed by atoms with Crippen LogP contribution in [0.25, 0.3) is 0 Å². The molecular formula is C6H11NY-2. The standard InChI is InChI=1S/C6H11N.Y/c1-2-6-3-4-7-5-6;/h5-7H,1-4H2;/q-2;. The molecule has 0 aromatic rings. The van der Waals surface area contributed by atoms with Gasteiger partial charge in [0.1, 0.15) is 0 Å². The summed E-state index contributed by atoms with van der Waals surface area (Å²) in [6.07, 6.45) is 2.33. The molecule has 1 nitrogen and oxygen atoms in total. The average Bonchev–Trinajstić information content (AvgIpc) is 2.14. The van der Waals surface area contributed by atoms with E-state index in [4.69, 9.17) is 0 Å². The van der Waals surface area contributed by atoms with Gasteiger partial charge >= 0.3 is 0 Å². The summed E-state index contributed by atoms with van der Waals surface area (Å²) >= 11 is 0. The molecule has 45 valence electrons. The summed E-state index contributed by atoms with van der Waals surface area (Å²) in [5, 5.41) is 3.16. The second-order valence-electron chi connectivity index (χ2n) is 1.96. The molecule has 0 aromatic carbocycles. The molecule has 8 heavy (non-hydrogen) atoms. The molecule has 1 heterocycles. The van der Waals surface area contributed by atoms with Gasteiger partial charge in [-0.1, -0.05) is 6.42 Å². The molecule has 0 saturated carbocycles. The molecule has 0 aliphatic carbocycles. The van der Waals surface area contributed by atoms with E-state index in [1.165, 1.54) is 6.42 Å². The summed E-state index contributed by atoms with van der Waals surface area (Å²) in [4.78, 5) is 0. The molecule has 1 N–H and O–H groups in total. The molecule has 1 atom stereocenters. The third-order valence-corrected chi connectivity index (χ3v) is 1.38. The van der Waals surface area contributed by atoms with Crippen LogP contribution in [0.2, 0.25) is 0 Å². The first-order chi connectivity index (χ1) is 3.43. The third kappa shape index (κ3) is 2.56. The zero-order valence-electron chi connectivity index (χ0n) is 5.06. The van der Waals surface area contributed by atoms with E-state index in [1.54, 1.807) is 0 Å². The van der Waals surface area contributed by atoms with Crippen LogP contribution >= 0.6 is 0 Å². The molecule has 1 saturated heterocycles. The smallest absolute Gasteiger partial charge is 0 e. The fourth-order valence-corrected chi connectivity index (χ4v) is 0.830. The van der Waals surface area contributed by atoms with Crippen LogP contribution in [0.4, 0.5) is 0 Å². The minimum Gasteiger partial charge on any atom is -0.470 e. The van der Waals surface area contributed by atoms with Crippen LogP contribution in [0.15, 0.2) is 0 Å². The number of nitrogens with one attached hydrogen (secondary N) is 1. The van der Waals surface area contributed by atoms with Gasteiger partial charge in [-0.15, -0.1) is 0 Å². The van der Waals surface area contributed by atoms with Crippen LogP contribution in [0.5, 0.6) is 0 Å². The van der Waals surface area contributed by atoms with Crippen molar-refractivity contribution < 1.29 is 32.7 Å². The fourth-order valence-electron chi connectivity index (χ4n) is 0.830. The SMILES string of the molecule is [CH2-]CC1[CH-]NCC1.[Y]. The first-order valence-corrected chi connectivity index (χ1v) is 2.79. The maximum atomic E-state index is 3.80. The average molecular weight is 186 g/mol. The summed E-state index contributed by atoms with van der Waals surface area (Å²) < 4.78 is 0. The van der Waals surface area contributed by atoms with Crippen molar-refractivity contribution in [3.63, 3.8) is 0 Å². The van der Waals surface area contributed by atoms with Crippen molar-refractivity contribution in [3.8, 4) is 0 Å². The van der Waals surface area contributed by atoms with Gasteiger partial charge in [0.05, 0.1) is 0 Å².